The predicted molar refractivity (Wildman–Crippen MR) is 234 cm³/mol. The fourth-order valence-corrected chi connectivity index (χ4v) is 8.79. The lowest BCUT2D eigenvalue weighted by Gasteiger charge is -2.29. The van der Waals surface area contributed by atoms with Crippen LogP contribution in [-0.2, 0) is 25.7 Å². The molecule has 1 unspecified atom stereocenters. The number of rotatable bonds is 26. The molecule has 2 aliphatic heterocycles. The Labute approximate surface area is 371 Å². The van der Waals surface area contributed by atoms with Crippen LogP contribution >= 0.6 is 11.8 Å². The van der Waals surface area contributed by atoms with E-state index in [-0.39, 0.29) is 48.5 Å². The summed E-state index contributed by atoms with van der Waals surface area (Å²) in [5, 5.41) is 23.3. The molecule has 63 heavy (non-hydrogen) atoms. The average Bonchev–Trinajstić information content (AvgIpc) is 3.97. The van der Waals surface area contributed by atoms with Crippen molar-refractivity contribution in [3.63, 3.8) is 0 Å². The monoisotopic (exact) mass is 897 g/mol. The normalized spacial score (nSPS) is 17.6. The smallest absolute Gasteiger partial charge is 0.315 e. The molecule has 2 saturated heterocycles. The van der Waals surface area contributed by atoms with Gasteiger partial charge in [-0.15, -0.1) is 5.10 Å². The summed E-state index contributed by atoms with van der Waals surface area (Å²) < 4.78 is 40.9. The Hall–Kier alpha value is -5.14. The van der Waals surface area contributed by atoms with Crippen molar-refractivity contribution in [1.29, 1.82) is 0 Å². The zero-order valence-corrected chi connectivity index (χ0v) is 37.3. The first-order chi connectivity index (χ1) is 30.0. The average molecular weight is 898 g/mol. The van der Waals surface area contributed by atoms with Gasteiger partial charge in [-0.2, -0.15) is 11.8 Å². The van der Waals surface area contributed by atoms with Gasteiger partial charge in [0.25, 0.3) is 5.91 Å². The molecule has 2 aliphatic rings. The number of para-hydroxylation sites is 1. The molecule has 3 aromatic rings. The molecule has 2 fully saturated rings. The van der Waals surface area contributed by atoms with Gasteiger partial charge in [-0.05, 0) is 95.7 Å². The Morgan fingerprint density at radius 3 is 2.52 bits per heavy atom. The van der Waals surface area contributed by atoms with Gasteiger partial charge in [0.05, 0.1) is 42.2 Å². The minimum Gasteiger partial charge on any atom is -0.480 e. The number of unbranched alkanes of at least 4 members (excludes halogenated alkanes) is 2. The van der Waals surface area contributed by atoms with Crippen molar-refractivity contribution in [1.82, 2.24) is 41.6 Å². The van der Waals surface area contributed by atoms with Crippen LogP contribution in [0.3, 0.4) is 0 Å². The first kappa shape index (κ1) is 48.9. The molecule has 1 aromatic heterocycles. The molecule has 5 amide bonds. The van der Waals surface area contributed by atoms with Crippen molar-refractivity contribution in [2.75, 3.05) is 32.1 Å². The highest BCUT2D eigenvalue weighted by molar-refractivity contribution is 8.00. The molecule has 3 heterocycles. The number of fused-ring (bicyclic) bond motifs is 1. The van der Waals surface area contributed by atoms with Gasteiger partial charge >= 0.3 is 6.03 Å². The third-order valence-corrected chi connectivity index (χ3v) is 12.7. The summed E-state index contributed by atoms with van der Waals surface area (Å²) in [4.78, 5) is 63.8. The van der Waals surface area contributed by atoms with Crippen LogP contribution in [0.4, 0.5) is 13.6 Å². The molecule has 19 heteroatoms. The lowest BCUT2D eigenvalue weighted by atomic mass is 9.88. The van der Waals surface area contributed by atoms with E-state index in [0.717, 1.165) is 37.1 Å². The fourth-order valence-electron chi connectivity index (χ4n) is 7.25. The Morgan fingerprint density at radius 2 is 1.76 bits per heavy atom. The van der Waals surface area contributed by atoms with Crippen molar-refractivity contribution in [3.05, 3.63) is 71.6 Å². The first-order valence-corrected chi connectivity index (χ1v) is 22.6. The van der Waals surface area contributed by atoms with Gasteiger partial charge in [0.15, 0.2) is 23.2 Å². The van der Waals surface area contributed by atoms with Crippen LogP contribution in [0.5, 0.6) is 5.75 Å². The number of nitrogens with one attached hydrogen (secondary N) is 5. The number of benzene rings is 2. The number of ketones is 1. The van der Waals surface area contributed by atoms with Crippen molar-refractivity contribution in [2.45, 2.75) is 121 Å². The highest BCUT2D eigenvalue weighted by Crippen LogP contribution is 2.33. The van der Waals surface area contributed by atoms with Crippen molar-refractivity contribution >= 4 is 41.3 Å². The Balaban J connectivity index is 1.01. The van der Waals surface area contributed by atoms with Crippen molar-refractivity contribution in [2.24, 2.45) is 11.1 Å². The zero-order valence-electron chi connectivity index (χ0n) is 36.5. The highest BCUT2D eigenvalue weighted by Gasteiger charge is 2.42. The second-order valence-electron chi connectivity index (χ2n) is 17.2. The topological polar surface area (TPSA) is 221 Å². The Bertz CT molecular complexity index is 2030. The second-order valence-corrected chi connectivity index (χ2v) is 18.5. The molecule has 7 N–H and O–H groups in total. The number of halogens is 2. The quantitative estimate of drug-likeness (QED) is 0.0487. The van der Waals surface area contributed by atoms with E-state index in [1.54, 1.807) is 30.5 Å². The van der Waals surface area contributed by atoms with Crippen LogP contribution in [0.1, 0.15) is 102 Å². The van der Waals surface area contributed by atoms with E-state index in [1.165, 1.54) is 10.7 Å². The number of amides is 5. The summed E-state index contributed by atoms with van der Waals surface area (Å²) in [7, 11) is 0. The summed E-state index contributed by atoms with van der Waals surface area (Å²) in [6.07, 6.45) is 7.20. The van der Waals surface area contributed by atoms with E-state index in [4.69, 9.17) is 15.2 Å². The molecule has 0 radical (unpaired) electrons. The molecule has 4 atom stereocenters. The summed E-state index contributed by atoms with van der Waals surface area (Å²) in [6.45, 7) is 8.25. The minimum atomic E-state index is -0.995. The lowest BCUT2D eigenvalue weighted by Crippen LogP contribution is -2.43. The first-order valence-electron chi connectivity index (χ1n) is 21.5. The standard InChI is InChI=1S/C44H61F2N9O7S/c1-43(2,19-22-62-44(3,4)18-21-48-37(57)17-6-5-16-36-38-34(27-63-36)51-42(60)52-38)41(59)49-24-29-25-55(54-53-29)30-12-9-11-28(23-30)40(58)50-33(15-7-8-20-47)35(56)26-61-39-31(45)13-10-14-32(39)46/h9-14,23,25,33-34,36,38H,5-8,15-22,24,26-27,47H2,1-4H3,(H,48,57)(H,49,59)(H,50,58)(H2,51,52,60)/t33?,34-,36-,38-/m0/s1. The summed E-state index contributed by atoms with van der Waals surface area (Å²) in [5.41, 5.74) is 5.56. The summed E-state index contributed by atoms with van der Waals surface area (Å²) >= 11 is 1.88. The van der Waals surface area contributed by atoms with Gasteiger partial charge < -0.3 is 41.8 Å². The number of ether oxygens (including phenoxy) is 2. The van der Waals surface area contributed by atoms with E-state index in [2.05, 4.69) is 36.9 Å². The number of thioether (sulfide) groups is 1. The maximum absolute atomic E-state index is 14.1. The molecule has 0 saturated carbocycles. The number of Topliss-reactive ketones (excluding diaryl/α,β-unsaturated/α-hetero) is 1. The molecule has 2 aromatic carbocycles. The Morgan fingerprint density at radius 1 is 1.00 bits per heavy atom. The van der Waals surface area contributed by atoms with E-state index in [1.807, 2.05) is 39.5 Å². The van der Waals surface area contributed by atoms with E-state index < -0.39 is 52.7 Å². The maximum atomic E-state index is 14.1. The van der Waals surface area contributed by atoms with Gasteiger partial charge in [0.2, 0.25) is 11.8 Å². The minimum absolute atomic E-state index is 0.00820. The van der Waals surface area contributed by atoms with E-state index in [9.17, 15) is 32.8 Å². The number of aromatic nitrogens is 3. The van der Waals surface area contributed by atoms with E-state index in [0.29, 0.717) is 68.4 Å². The molecular weight excluding hydrogens is 837 g/mol. The number of nitrogens with two attached hydrogens (primary N) is 1. The van der Waals surface area contributed by atoms with Crippen molar-refractivity contribution < 1.29 is 42.2 Å². The molecule has 0 aliphatic carbocycles. The van der Waals surface area contributed by atoms with Crippen molar-refractivity contribution in [3.8, 4) is 11.4 Å². The van der Waals surface area contributed by atoms with Crippen LogP contribution < -0.4 is 37.1 Å². The number of carbonyl (C=O) groups excluding carboxylic acids is 5. The number of hydrogen-bond donors (Lipinski definition) is 6. The van der Waals surface area contributed by atoms with Gasteiger partial charge in [-0.1, -0.05) is 37.6 Å². The van der Waals surface area contributed by atoms with Gasteiger partial charge in [-0.25, -0.2) is 18.3 Å². The lowest BCUT2D eigenvalue weighted by molar-refractivity contribution is -0.131. The van der Waals surface area contributed by atoms with Crippen LogP contribution in [0.15, 0.2) is 48.7 Å². The second kappa shape index (κ2) is 23.0. The maximum Gasteiger partial charge on any atom is 0.315 e. The van der Waals surface area contributed by atoms with Gasteiger partial charge in [0, 0.05) is 41.6 Å². The van der Waals surface area contributed by atoms with Gasteiger partial charge in [0.1, 0.15) is 12.3 Å². The number of nitrogens with zero attached hydrogens (tertiary/aromatic N) is 3. The number of hydrogen-bond acceptors (Lipinski definition) is 11. The molecule has 16 nitrogen and oxygen atoms in total. The largest absolute Gasteiger partial charge is 0.480 e. The SMILES string of the molecule is CC(C)(CCNC(=O)CCCC[C@@H]1SC[C@@H]2NC(=O)N[C@@H]21)OCCC(C)(C)C(=O)NCc1cn(-c2cccc(C(=O)NC(CCCCN)C(=O)COc3c(F)cccc3F)c2)nn1. The molecular formula is C44H61F2N9O7S. The fraction of sp³-hybridized carbons (Fsp3) is 0.568. The zero-order chi connectivity index (χ0) is 45.6. The predicted octanol–water partition coefficient (Wildman–Crippen LogP) is 4.48. The summed E-state index contributed by atoms with van der Waals surface area (Å²) in [6, 6.07) is 9.03. The highest BCUT2D eigenvalue weighted by atomic mass is 32.2. The van der Waals surface area contributed by atoms with Crippen LogP contribution in [0.2, 0.25) is 0 Å². The molecule has 344 valence electrons. The molecule has 5 rings (SSSR count). The van der Waals surface area contributed by atoms with E-state index >= 15 is 0 Å². The third-order valence-electron chi connectivity index (χ3n) is 11.2. The van der Waals surface area contributed by atoms with Crippen LogP contribution in [0, 0.1) is 17.0 Å². The van der Waals surface area contributed by atoms with Gasteiger partial charge in [-0.3, -0.25) is 19.2 Å². The van der Waals surface area contributed by atoms with Crippen LogP contribution in [0.25, 0.3) is 5.69 Å². The summed E-state index contributed by atoms with van der Waals surface area (Å²) in [5.74, 6) is -2.93. The Kier molecular flexibility index (Phi) is 17.8. The number of urea groups is 1. The number of carbonyl (C=O) groups is 5. The van der Waals surface area contributed by atoms with Crippen LogP contribution in [-0.4, -0.2) is 106 Å². The molecule has 0 spiro atoms. The third kappa shape index (κ3) is 14.7. The molecule has 0 bridgehead atoms.